The lowest BCUT2D eigenvalue weighted by atomic mass is 9.90. The van der Waals surface area contributed by atoms with Crippen LogP contribution in [-0.4, -0.2) is 9.55 Å². The van der Waals surface area contributed by atoms with Crippen LogP contribution in [0.15, 0.2) is 10.9 Å². The van der Waals surface area contributed by atoms with E-state index in [1.807, 2.05) is 27.7 Å². The third kappa shape index (κ3) is 3.70. The van der Waals surface area contributed by atoms with E-state index < -0.39 is 0 Å². The van der Waals surface area contributed by atoms with E-state index in [0.717, 1.165) is 24.4 Å². The Morgan fingerprint density at radius 1 is 1.47 bits per heavy atom. The minimum absolute atomic E-state index is 0.00948. The molecular formula is C13H19N3O. The van der Waals surface area contributed by atoms with Crippen LogP contribution in [0.1, 0.15) is 38.2 Å². The highest BCUT2D eigenvalue weighted by Gasteiger charge is 2.16. The zero-order valence-corrected chi connectivity index (χ0v) is 10.9. The minimum atomic E-state index is -0.324. The Hall–Kier alpha value is -1.63. The van der Waals surface area contributed by atoms with Crippen LogP contribution in [0.2, 0.25) is 0 Å². The van der Waals surface area contributed by atoms with E-state index in [0.29, 0.717) is 6.54 Å². The summed E-state index contributed by atoms with van der Waals surface area (Å²) in [4.78, 5) is 16.0. The lowest BCUT2D eigenvalue weighted by molar-refractivity contribution is 0.410. The summed E-state index contributed by atoms with van der Waals surface area (Å²) in [6.45, 7) is 8.11. The molecule has 17 heavy (non-hydrogen) atoms. The highest BCUT2D eigenvalue weighted by Crippen LogP contribution is 2.20. The SMILES string of the molecule is Cc1cc(=O)n(CCCC(C)(C)C#N)c(C)n1. The smallest absolute Gasteiger partial charge is 0.253 e. The van der Waals surface area contributed by atoms with Gasteiger partial charge >= 0.3 is 0 Å². The molecule has 1 aromatic heterocycles. The van der Waals surface area contributed by atoms with Crippen molar-refractivity contribution in [2.75, 3.05) is 0 Å². The van der Waals surface area contributed by atoms with Crippen molar-refractivity contribution in [1.82, 2.24) is 9.55 Å². The summed E-state index contributed by atoms with van der Waals surface area (Å²) in [5.41, 5.74) is 0.418. The molecule has 1 heterocycles. The molecule has 4 nitrogen and oxygen atoms in total. The highest BCUT2D eigenvalue weighted by molar-refractivity contribution is 5.01. The predicted octanol–water partition coefficient (Wildman–Crippen LogP) is 2.19. The molecule has 0 aliphatic carbocycles. The maximum Gasteiger partial charge on any atom is 0.253 e. The molecule has 0 aliphatic rings. The van der Waals surface area contributed by atoms with Gasteiger partial charge in [0.25, 0.3) is 5.56 Å². The zero-order chi connectivity index (χ0) is 13.1. The van der Waals surface area contributed by atoms with Gasteiger partial charge in [-0.05, 0) is 40.5 Å². The van der Waals surface area contributed by atoms with Crippen molar-refractivity contribution >= 4 is 0 Å². The van der Waals surface area contributed by atoms with Crippen molar-refractivity contribution in [3.05, 3.63) is 27.9 Å². The van der Waals surface area contributed by atoms with Crippen LogP contribution in [-0.2, 0) is 6.54 Å². The van der Waals surface area contributed by atoms with Crippen LogP contribution in [0, 0.1) is 30.6 Å². The summed E-state index contributed by atoms with van der Waals surface area (Å²) in [5.74, 6) is 0.741. The van der Waals surface area contributed by atoms with Gasteiger partial charge in [0.15, 0.2) is 0 Å². The van der Waals surface area contributed by atoms with Crippen molar-refractivity contribution in [1.29, 1.82) is 5.26 Å². The van der Waals surface area contributed by atoms with E-state index in [2.05, 4.69) is 11.1 Å². The lowest BCUT2D eigenvalue weighted by Gasteiger charge is -2.15. The molecule has 1 rings (SSSR count). The molecule has 1 aromatic rings. The fourth-order valence-corrected chi connectivity index (χ4v) is 1.77. The van der Waals surface area contributed by atoms with Gasteiger partial charge in [0, 0.05) is 18.3 Å². The molecule has 0 saturated carbocycles. The quantitative estimate of drug-likeness (QED) is 0.801. The fourth-order valence-electron chi connectivity index (χ4n) is 1.77. The third-order valence-corrected chi connectivity index (χ3v) is 2.81. The maximum absolute atomic E-state index is 11.7. The monoisotopic (exact) mass is 233 g/mol. The van der Waals surface area contributed by atoms with Gasteiger partial charge in [-0.15, -0.1) is 0 Å². The molecule has 0 bridgehead atoms. The summed E-state index contributed by atoms with van der Waals surface area (Å²) >= 11 is 0. The molecule has 92 valence electrons. The summed E-state index contributed by atoms with van der Waals surface area (Å²) in [6.07, 6.45) is 1.59. The van der Waals surface area contributed by atoms with E-state index in [1.165, 1.54) is 0 Å². The molecule has 0 unspecified atom stereocenters. The predicted molar refractivity (Wildman–Crippen MR) is 66.6 cm³/mol. The second-order valence-corrected chi connectivity index (χ2v) is 5.03. The Balaban J connectivity index is 2.72. The Bertz CT molecular complexity index is 494. The van der Waals surface area contributed by atoms with Gasteiger partial charge < -0.3 is 0 Å². The van der Waals surface area contributed by atoms with E-state index in [4.69, 9.17) is 5.26 Å². The Labute approximate surface area is 102 Å². The van der Waals surface area contributed by atoms with Gasteiger partial charge in [-0.25, -0.2) is 4.98 Å². The first-order valence-corrected chi connectivity index (χ1v) is 5.82. The number of nitriles is 1. The molecule has 0 atom stereocenters. The molecule has 0 N–H and O–H groups in total. The van der Waals surface area contributed by atoms with Crippen LogP contribution in [0.5, 0.6) is 0 Å². The van der Waals surface area contributed by atoms with Crippen molar-refractivity contribution in [3.63, 3.8) is 0 Å². The van der Waals surface area contributed by atoms with Crippen molar-refractivity contribution in [2.45, 2.75) is 47.1 Å². The van der Waals surface area contributed by atoms with Gasteiger partial charge in [0.05, 0.1) is 11.5 Å². The standard InChI is InChI=1S/C13H19N3O/c1-10-8-12(17)16(11(2)15-10)7-5-6-13(3,4)9-14/h8H,5-7H2,1-4H3. The van der Waals surface area contributed by atoms with Gasteiger partial charge in [-0.1, -0.05) is 0 Å². The van der Waals surface area contributed by atoms with Crippen LogP contribution >= 0.6 is 0 Å². The first-order valence-electron chi connectivity index (χ1n) is 5.82. The van der Waals surface area contributed by atoms with Crippen molar-refractivity contribution < 1.29 is 0 Å². The third-order valence-electron chi connectivity index (χ3n) is 2.81. The topological polar surface area (TPSA) is 58.7 Å². The molecule has 0 radical (unpaired) electrons. The number of aryl methyl sites for hydroxylation is 2. The first kappa shape index (κ1) is 13.4. The normalized spacial score (nSPS) is 11.2. The van der Waals surface area contributed by atoms with Crippen molar-refractivity contribution in [3.8, 4) is 6.07 Å². The molecule has 0 spiro atoms. The number of aromatic nitrogens is 2. The second-order valence-electron chi connectivity index (χ2n) is 5.03. The molecule has 0 fully saturated rings. The number of hydrogen-bond acceptors (Lipinski definition) is 3. The van der Waals surface area contributed by atoms with Crippen LogP contribution in [0.25, 0.3) is 0 Å². The van der Waals surface area contributed by atoms with Crippen LogP contribution < -0.4 is 5.56 Å². The molecular weight excluding hydrogens is 214 g/mol. The zero-order valence-electron chi connectivity index (χ0n) is 10.9. The fraction of sp³-hybridized carbons (Fsp3) is 0.615. The van der Waals surface area contributed by atoms with Gasteiger partial charge in [0.1, 0.15) is 5.82 Å². The highest BCUT2D eigenvalue weighted by atomic mass is 16.1. The van der Waals surface area contributed by atoms with Gasteiger partial charge in [-0.3, -0.25) is 9.36 Å². The first-order chi connectivity index (χ1) is 7.85. The average Bonchev–Trinajstić information content (AvgIpc) is 2.22. The van der Waals surface area contributed by atoms with Crippen LogP contribution in [0.3, 0.4) is 0 Å². The summed E-state index contributed by atoms with van der Waals surface area (Å²) < 4.78 is 1.67. The average molecular weight is 233 g/mol. The van der Waals surface area contributed by atoms with Crippen molar-refractivity contribution in [2.24, 2.45) is 5.41 Å². The lowest BCUT2D eigenvalue weighted by Crippen LogP contribution is -2.24. The van der Waals surface area contributed by atoms with E-state index in [9.17, 15) is 4.79 Å². The van der Waals surface area contributed by atoms with E-state index in [1.54, 1.807) is 10.6 Å². The number of nitrogens with zero attached hydrogens (tertiary/aromatic N) is 3. The summed E-state index contributed by atoms with van der Waals surface area (Å²) in [7, 11) is 0. The van der Waals surface area contributed by atoms with E-state index >= 15 is 0 Å². The molecule has 0 aliphatic heterocycles. The second kappa shape index (κ2) is 5.13. The molecule has 0 amide bonds. The Morgan fingerprint density at radius 2 is 2.12 bits per heavy atom. The summed E-state index contributed by atoms with van der Waals surface area (Å²) in [6, 6.07) is 3.81. The van der Waals surface area contributed by atoms with Crippen LogP contribution in [0.4, 0.5) is 0 Å². The number of hydrogen-bond donors (Lipinski definition) is 0. The largest absolute Gasteiger partial charge is 0.297 e. The van der Waals surface area contributed by atoms with Gasteiger partial charge in [-0.2, -0.15) is 5.26 Å². The van der Waals surface area contributed by atoms with E-state index in [-0.39, 0.29) is 11.0 Å². The minimum Gasteiger partial charge on any atom is -0.297 e. The summed E-state index contributed by atoms with van der Waals surface area (Å²) in [5, 5.41) is 8.91. The molecule has 0 saturated heterocycles. The Kier molecular flexibility index (Phi) is 4.06. The molecule has 4 heteroatoms. The Morgan fingerprint density at radius 3 is 2.65 bits per heavy atom. The molecule has 0 aromatic carbocycles. The maximum atomic E-state index is 11.7. The van der Waals surface area contributed by atoms with Gasteiger partial charge in [0.2, 0.25) is 0 Å². The number of rotatable bonds is 4.